The van der Waals surface area contributed by atoms with Crippen LogP contribution in [0.2, 0.25) is 10.2 Å². The van der Waals surface area contributed by atoms with Crippen molar-refractivity contribution in [2.75, 3.05) is 14.2 Å². The highest BCUT2D eigenvalue weighted by molar-refractivity contribution is 6.33. The maximum absolute atomic E-state index is 6.32. The fraction of sp³-hybridized carbons (Fsp3) is 0.158. The van der Waals surface area contributed by atoms with Gasteiger partial charge in [0.05, 0.1) is 24.8 Å². The summed E-state index contributed by atoms with van der Waals surface area (Å²) in [6.07, 6.45) is 1.66. The van der Waals surface area contributed by atoms with Crippen LogP contribution in [0.1, 0.15) is 11.1 Å². The summed E-state index contributed by atoms with van der Waals surface area (Å²) in [5.74, 6) is 1.07. The van der Waals surface area contributed by atoms with Crippen molar-refractivity contribution in [3.05, 3.63) is 57.7 Å². The van der Waals surface area contributed by atoms with Crippen LogP contribution in [-0.2, 0) is 0 Å². The molecule has 0 atom stereocenters. The quantitative estimate of drug-likeness (QED) is 0.439. The van der Waals surface area contributed by atoms with Gasteiger partial charge in [0.15, 0.2) is 0 Å². The van der Waals surface area contributed by atoms with Crippen LogP contribution < -0.4 is 9.47 Å². The van der Waals surface area contributed by atoms with Gasteiger partial charge in [-0.05, 0) is 18.6 Å². The third-order valence-corrected chi connectivity index (χ3v) is 4.42. The van der Waals surface area contributed by atoms with Gasteiger partial charge in [-0.15, -0.1) is 0 Å². The Kier molecular flexibility index (Phi) is 5.11. The van der Waals surface area contributed by atoms with E-state index in [9.17, 15) is 0 Å². The van der Waals surface area contributed by atoms with Gasteiger partial charge < -0.3 is 9.47 Å². The number of aliphatic imine (C=N–C) groups is 1. The van der Waals surface area contributed by atoms with Crippen molar-refractivity contribution in [2.45, 2.75) is 6.92 Å². The van der Waals surface area contributed by atoms with Gasteiger partial charge in [-0.25, -0.2) is 4.98 Å². The van der Waals surface area contributed by atoms with Gasteiger partial charge in [-0.2, -0.15) is 0 Å². The van der Waals surface area contributed by atoms with Crippen molar-refractivity contribution in [3.8, 4) is 11.5 Å². The van der Waals surface area contributed by atoms with E-state index in [1.54, 1.807) is 32.6 Å². The summed E-state index contributed by atoms with van der Waals surface area (Å²) in [5, 5.41) is 1.86. The zero-order valence-electron chi connectivity index (χ0n) is 14.0. The van der Waals surface area contributed by atoms with Gasteiger partial charge in [0, 0.05) is 29.3 Å². The van der Waals surface area contributed by atoms with E-state index < -0.39 is 0 Å². The Hall–Kier alpha value is -2.30. The first-order valence-electron chi connectivity index (χ1n) is 7.55. The highest BCUT2D eigenvalue weighted by atomic mass is 35.5. The van der Waals surface area contributed by atoms with E-state index in [-0.39, 0.29) is 0 Å². The molecular weight excluding hydrogens is 359 g/mol. The van der Waals surface area contributed by atoms with Crippen molar-refractivity contribution in [3.63, 3.8) is 0 Å². The highest BCUT2D eigenvalue weighted by Crippen LogP contribution is 2.37. The van der Waals surface area contributed by atoms with E-state index >= 15 is 0 Å². The van der Waals surface area contributed by atoms with Crippen molar-refractivity contribution < 1.29 is 9.47 Å². The number of nitrogens with zero attached hydrogens (tertiary/aromatic N) is 2. The lowest BCUT2D eigenvalue weighted by atomic mass is 10.1. The number of pyridine rings is 1. The van der Waals surface area contributed by atoms with Gasteiger partial charge in [0.1, 0.15) is 22.3 Å². The lowest BCUT2D eigenvalue weighted by molar-refractivity contribution is 0.404. The van der Waals surface area contributed by atoms with Crippen LogP contribution in [-0.4, -0.2) is 25.4 Å². The Morgan fingerprint density at radius 1 is 1.04 bits per heavy atom. The van der Waals surface area contributed by atoms with Crippen molar-refractivity contribution in [1.82, 2.24) is 4.98 Å². The summed E-state index contributed by atoms with van der Waals surface area (Å²) >= 11 is 12.4. The number of para-hydroxylation sites is 1. The molecule has 4 nitrogen and oxygen atoms in total. The number of methoxy groups -OCH3 is 2. The second-order valence-electron chi connectivity index (χ2n) is 5.43. The van der Waals surface area contributed by atoms with Crippen LogP contribution in [0.5, 0.6) is 11.5 Å². The minimum absolute atomic E-state index is 0.394. The van der Waals surface area contributed by atoms with Crippen LogP contribution in [0.4, 0.5) is 5.69 Å². The van der Waals surface area contributed by atoms with Crippen molar-refractivity contribution in [1.29, 1.82) is 0 Å². The number of hydrogen-bond acceptors (Lipinski definition) is 4. The fourth-order valence-corrected chi connectivity index (χ4v) is 2.93. The van der Waals surface area contributed by atoms with E-state index in [0.717, 1.165) is 22.0 Å². The van der Waals surface area contributed by atoms with Gasteiger partial charge in [0.2, 0.25) is 0 Å². The SMILES string of the molecule is COc1cc(N=Cc2cc3cccc(C)c3nc2Cl)c(OC)cc1Cl. The first kappa shape index (κ1) is 17.5. The Bertz CT molecular complexity index is 971. The lowest BCUT2D eigenvalue weighted by Crippen LogP contribution is -1.92. The molecular formula is C19H16Cl2N2O2. The fourth-order valence-electron chi connectivity index (χ4n) is 2.52. The molecule has 0 radical (unpaired) electrons. The molecule has 128 valence electrons. The Labute approximate surface area is 156 Å². The molecule has 0 saturated heterocycles. The lowest BCUT2D eigenvalue weighted by Gasteiger charge is -2.09. The van der Waals surface area contributed by atoms with E-state index in [1.165, 1.54) is 0 Å². The average molecular weight is 375 g/mol. The largest absolute Gasteiger partial charge is 0.495 e. The second-order valence-corrected chi connectivity index (χ2v) is 6.20. The maximum atomic E-state index is 6.32. The Balaban J connectivity index is 2.05. The minimum atomic E-state index is 0.394. The molecule has 0 spiro atoms. The number of hydrogen-bond donors (Lipinski definition) is 0. The van der Waals surface area contributed by atoms with Crippen molar-refractivity contribution >= 4 is 46.0 Å². The first-order valence-corrected chi connectivity index (χ1v) is 8.30. The molecule has 0 N–H and O–H groups in total. The highest BCUT2D eigenvalue weighted by Gasteiger charge is 2.10. The zero-order valence-corrected chi connectivity index (χ0v) is 15.5. The molecule has 0 fully saturated rings. The van der Waals surface area contributed by atoms with E-state index in [1.807, 2.05) is 31.2 Å². The van der Waals surface area contributed by atoms with Crippen LogP contribution in [0, 0.1) is 6.92 Å². The van der Waals surface area contributed by atoms with E-state index in [2.05, 4.69) is 9.98 Å². The molecule has 0 unspecified atom stereocenters. The molecule has 1 heterocycles. The van der Waals surface area contributed by atoms with E-state index in [0.29, 0.717) is 27.4 Å². The number of rotatable bonds is 4. The zero-order chi connectivity index (χ0) is 18.0. The Morgan fingerprint density at radius 3 is 2.52 bits per heavy atom. The van der Waals surface area contributed by atoms with Gasteiger partial charge >= 0.3 is 0 Å². The summed E-state index contributed by atoms with van der Waals surface area (Å²) < 4.78 is 10.6. The average Bonchev–Trinajstić information content (AvgIpc) is 2.61. The van der Waals surface area contributed by atoms with Crippen LogP contribution in [0.3, 0.4) is 0 Å². The summed E-state index contributed by atoms with van der Waals surface area (Å²) in [5.41, 5.74) is 3.27. The molecule has 2 aromatic carbocycles. The van der Waals surface area contributed by atoms with E-state index in [4.69, 9.17) is 32.7 Å². The molecule has 0 saturated carbocycles. The summed E-state index contributed by atoms with van der Waals surface area (Å²) in [6, 6.07) is 11.3. The number of aromatic nitrogens is 1. The summed E-state index contributed by atoms with van der Waals surface area (Å²) in [7, 11) is 3.11. The number of fused-ring (bicyclic) bond motifs is 1. The third kappa shape index (κ3) is 3.55. The van der Waals surface area contributed by atoms with Gasteiger partial charge in [0.25, 0.3) is 0 Å². The normalized spacial score (nSPS) is 11.2. The van der Waals surface area contributed by atoms with Crippen LogP contribution in [0.15, 0.2) is 41.4 Å². The standard InChI is InChI=1S/C19H16Cl2N2O2/c1-11-5-4-6-12-7-13(19(21)23-18(11)12)10-22-15-9-16(24-2)14(20)8-17(15)25-3/h4-10H,1-3H3. The molecule has 0 aliphatic carbocycles. The topological polar surface area (TPSA) is 43.7 Å². The molecule has 0 amide bonds. The second kappa shape index (κ2) is 7.30. The monoisotopic (exact) mass is 374 g/mol. The maximum Gasteiger partial charge on any atom is 0.146 e. The molecule has 6 heteroatoms. The summed E-state index contributed by atoms with van der Waals surface area (Å²) in [4.78, 5) is 8.95. The Morgan fingerprint density at radius 2 is 1.80 bits per heavy atom. The third-order valence-electron chi connectivity index (χ3n) is 3.82. The molecule has 25 heavy (non-hydrogen) atoms. The molecule has 0 aliphatic heterocycles. The smallest absolute Gasteiger partial charge is 0.146 e. The number of ether oxygens (including phenoxy) is 2. The van der Waals surface area contributed by atoms with Gasteiger partial charge in [-0.1, -0.05) is 41.4 Å². The van der Waals surface area contributed by atoms with Crippen LogP contribution in [0.25, 0.3) is 10.9 Å². The van der Waals surface area contributed by atoms with Crippen LogP contribution >= 0.6 is 23.2 Å². The number of benzene rings is 2. The minimum Gasteiger partial charge on any atom is -0.495 e. The molecule has 0 bridgehead atoms. The first-order chi connectivity index (χ1) is 12.0. The van der Waals surface area contributed by atoms with Gasteiger partial charge in [-0.3, -0.25) is 4.99 Å². The molecule has 0 aliphatic rings. The molecule has 3 rings (SSSR count). The molecule has 3 aromatic rings. The predicted octanol–water partition coefficient (Wildman–Crippen LogP) is 5.62. The number of aryl methyl sites for hydroxylation is 1. The van der Waals surface area contributed by atoms with Crippen molar-refractivity contribution in [2.24, 2.45) is 4.99 Å². The predicted molar refractivity (Wildman–Crippen MR) is 103 cm³/mol. The number of halogens is 2. The summed E-state index contributed by atoms with van der Waals surface area (Å²) in [6.45, 7) is 2.00. The molecule has 1 aromatic heterocycles.